The van der Waals surface area contributed by atoms with Gasteiger partial charge in [0.1, 0.15) is 11.3 Å². The maximum absolute atomic E-state index is 12.8. The third-order valence-corrected chi connectivity index (χ3v) is 4.33. The first-order chi connectivity index (χ1) is 12.4. The van der Waals surface area contributed by atoms with Gasteiger partial charge in [0.2, 0.25) is 0 Å². The van der Waals surface area contributed by atoms with Crippen molar-refractivity contribution in [2.75, 3.05) is 12.0 Å². The number of rotatable bonds is 3. The van der Waals surface area contributed by atoms with Crippen molar-refractivity contribution in [2.45, 2.75) is 6.92 Å². The van der Waals surface area contributed by atoms with E-state index in [4.69, 9.17) is 16.3 Å². The molecule has 1 heterocycles. The van der Waals surface area contributed by atoms with Crippen LogP contribution >= 0.6 is 11.6 Å². The highest BCUT2D eigenvalue weighted by Crippen LogP contribution is 2.27. The highest BCUT2D eigenvalue weighted by atomic mass is 35.5. The number of anilines is 1. The molecule has 0 atom stereocenters. The van der Waals surface area contributed by atoms with Crippen LogP contribution in [0.3, 0.4) is 0 Å². The van der Waals surface area contributed by atoms with Crippen LogP contribution in [0.1, 0.15) is 11.1 Å². The van der Waals surface area contributed by atoms with Crippen molar-refractivity contribution in [1.82, 2.24) is 5.32 Å². The molecule has 1 saturated heterocycles. The van der Waals surface area contributed by atoms with Gasteiger partial charge in [0.05, 0.1) is 12.8 Å². The molecule has 3 rings (SSSR count). The Labute approximate surface area is 155 Å². The van der Waals surface area contributed by atoms with Gasteiger partial charge in [0.25, 0.3) is 11.8 Å². The van der Waals surface area contributed by atoms with Crippen molar-refractivity contribution in [3.8, 4) is 5.75 Å². The lowest BCUT2D eigenvalue weighted by atomic mass is 10.1. The van der Waals surface area contributed by atoms with Gasteiger partial charge in [-0.3, -0.25) is 14.9 Å². The zero-order valence-corrected chi connectivity index (χ0v) is 14.8. The molecule has 0 unspecified atom stereocenters. The number of aryl methyl sites for hydroxylation is 1. The summed E-state index contributed by atoms with van der Waals surface area (Å²) < 4.78 is 5.14. The molecule has 0 bridgehead atoms. The second-order valence-electron chi connectivity index (χ2n) is 5.67. The van der Waals surface area contributed by atoms with Crippen molar-refractivity contribution >= 4 is 41.2 Å². The lowest BCUT2D eigenvalue weighted by Gasteiger charge is -2.26. The summed E-state index contributed by atoms with van der Waals surface area (Å²) in [4.78, 5) is 38.1. The number of carbonyl (C=O) groups excluding carboxylic acids is 3. The van der Waals surface area contributed by atoms with E-state index in [-0.39, 0.29) is 11.3 Å². The van der Waals surface area contributed by atoms with Crippen molar-refractivity contribution in [1.29, 1.82) is 0 Å². The molecule has 7 heteroatoms. The Kier molecular flexibility index (Phi) is 4.77. The Morgan fingerprint density at radius 2 is 1.88 bits per heavy atom. The van der Waals surface area contributed by atoms with Gasteiger partial charge >= 0.3 is 6.03 Å². The number of carbonyl (C=O) groups is 3. The standard InChI is InChI=1S/C19H15ClN2O4/c1-11-6-7-13(10-16(11)20)22-18(24)15(17(23)21-19(22)25)9-12-4-3-5-14(8-12)26-2/h3-10H,1-2H3,(H,21,23,25)/b15-9-. The second-order valence-corrected chi connectivity index (χ2v) is 6.08. The number of benzene rings is 2. The maximum Gasteiger partial charge on any atom is 0.335 e. The van der Waals surface area contributed by atoms with Gasteiger partial charge in [0.15, 0.2) is 0 Å². The van der Waals surface area contributed by atoms with E-state index in [0.29, 0.717) is 16.3 Å². The van der Waals surface area contributed by atoms with E-state index in [2.05, 4.69) is 5.32 Å². The van der Waals surface area contributed by atoms with Crippen molar-refractivity contribution < 1.29 is 19.1 Å². The minimum absolute atomic E-state index is 0.158. The van der Waals surface area contributed by atoms with E-state index < -0.39 is 17.8 Å². The number of urea groups is 1. The second kappa shape index (κ2) is 7.01. The molecule has 26 heavy (non-hydrogen) atoms. The SMILES string of the molecule is COc1cccc(/C=C2/C(=O)NC(=O)N(c3ccc(C)c(Cl)c3)C2=O)c1. The van der Waals surface area contributed by atoms with Crippen LogP contribution in [-0.4, -0.2) is 25.0 Å². The summed E-state index contributed by atoms with van der Waals surface area (Å²) in [6, 6.07) is 10.9. The maximum atomic E-state index is 12.8. The van der Waals surface area contributed by atoms with Gasteiger partial charge in [-0.15, -0.1) is 0 Å². The molecule has 0 saturated carbocycles. The number of halogens is 1. The summed E-state index contributed by atoms with van der Waals surface area (Å²) in [5.74, 6) is -0.889. The molecule has 0 aliphatic carbocycles. The zero-order chi connectivity index (χ0) is 18.8. The molecule has 1 N–H and O–H groups in total. The smallest absolute Gasteiger partial charge is 0.335 e. The molecule has 0 aromatic heterocycles. The number of barbiturate groups is 1. The Bertz CT molecular complexity index is 952. The monoisotopic (exact) mass is 370 g/mol. The summed E-state index contributed by atoms with van der Waals surface area (Å²) >= 11 is 6.09. The molecule has 1 fully saturated rings. The average molecular weight is 371 g/mol. The van der Waals surface area contributed by atoms with E-state index >= 15 is 0 Å². The normalized spacial score (nSPS) is 16.0. The summed E-state index contributed by atoms with van der Waals surface area (Å²) in [6.45, 7) is 1.81. The van der Waals surface area contributed by atoms with Gasteiger partial charge in [-0.1, -0.05) is 29.8 Å². The number of amides is 4. The predicted octanol–water partition coefficient (Wildman–Crippen LogP) is 3.32. The topological polar surface area (TPSA) is 75.7 Å². The Hall–Kier alpha value is -3.12. The first kappa shape index (κ1) is 17.7. The highest BCUT2D eigenvalue weighted by molar-refractivity contribution is 6.39. The molecule has 1 aliphatic rings. The predicted molar refractivity (Wildman–Crippen MR) is 98.2 cm³/mol. The number of nitrogens with zero attached hydrogens (tertiary/aromatic N) is 1. The van der Waals surface area contributed by atoms with Gasteiger partial charge in [-0.2, -0.15) is 0 Å². The quantitative estimate of drug-likeness (QED) is 0.664. The van der Waals surface area contributed by atoms with Crippen molar-refractivity contribution in [2.24, 2.45) is 0 Å². The van der Waals surface area contributed by atoms with E-state index in [1.807, 2.05) is 6.92 Å². The van der Waals surface area contributed by atoms with E-state index in [0.717, 1.165) is 10.5 Å². The van der Waals surface area contributed by atoms with Crippen LogP contribution in [0.25, 0.3) is 6.08 Å². The van der Waals surface area contributed by atoms with Crippen molar-refractivity contribution in [3.05, 3.63) is 64.2 Å². The Morgan fingerprint density at radius 3 is 2.58 bits per heavy atom. The summed E-state index contributed by atoms with van der Waals surface area (Å²) in [6.07, 6.45) is 1.41. The number of methoxy groups -OCH3 is 1. The minimum atomic E-state index is -0.817. The minimum Gasteiger partial charge on any atom is -0.497 e. The fraction of sp³-hybridized carbons (Fsp3) is 0.105. The largest absolute Gasteiger partial charge is 0.497 e. The van der Waals surface area contributed by atoms with Crippen LogP contribution in [0.4, 0.5) is 10.5 Å². The number of imide groups is 2. The molecule has 2 aromatic carbocycles. The molecule has 0 spiro atoms. The van der Waals surface area contributed by atoms with Gasteiger partial charge in [-0.25, -0.2) is 9.69 Å². The number of nitrogens with one attached hydrogen (secondary N) is 1. The first-order valence-corrected chi connectivity index (χ1v) is 8.10. The number of hydrogen-bond acceptors (Lipinski definition) is 4. The average Bonchev–Trinajstić information content (AvgIpc) is 2.61. The van der Waals surface area contributed by atoms with Gasteiger partial charge in [-0.05, 0) is 48.4 Å². The molecule has 132 valence electrons. The molecular weight excluding hydrogens is 356 g/mol. The lowest BCUT2D eigenvalue weighted by Crippen LogP contribution is -2.54. The van der Waals surface area contributed by atoms with Gasteiger partial charge < -0.3 is 4.74 Å². The van der Waals surface area contributed by atoms with E-state index in [1.165, 1.54) is 19.3 Å². The van der Waals surface area contributed by atoms with E-state index in [1.54, 1.807) is 36.4 Å². The molecule has 2 aromatic rings. The molecule has 4 amide bonds. The van der Waals surface area contributed by atoms with Crippen LogP contribution in [0, 0.1) is 6.92 Å². The third-order valence-electron chi connectivity index (χ3n) is 3.92. The molecule has 1 aliphatic heterocycles. The Morgan fingerprint density at radius 1 is 1.12 bits per heavy atom. The van der Waals surface area contributed by atoms with Crippen LogP contribution in [0.15, 0.2) is 48.0 Å². The highest BCUT2D eigenvalue weighted by Gasteiger charge is 2.36. The van der Waals surface area contributed by atoms with Gasteiger partial charge in [0, 0.05) is 5.02 Å². The number of ether oxygens (including phenoxy) is 1. The fourth-order valence-electron chi connectivity index (χ4n) is 2.51. The Balaban J connectivity index is 2.02. The lowest BCUT2D eigenvalue weighted by molar-refractivity contribution is -0.122. The molecular formula is C19H15ClN2O4. The summed E-state index contributed by atoms with van der Waals surface area (Å²) in [5.41, 5.74) is 1.53. The molecule has 6 nitrogen and oxygen atoms in total. The first-order valence-electron chi connectivity index (χ1n) is 7.72. The number of hydrogen-bond donors (Lipinski definition) is 1. The van der Waals surface area contributed by atoms with Crippen LogP contribution < -0.4 is 15.0 Å². The zero-order valence-electron chi connectivity index (χ0n) is 14.1. The van der Waals surface area contributed by atoms with Crippen molar-refractivity contribution in [3.63, 3.8) is 0 Å². The summed E-state index contributed by atoms with van der Waals surface area (Å²) in [5, 5.41) is 2.59. The molecule has 0 radical (unpaired) electrons. The fourth-order valence-corrected chi connectivity index (χ4v) is 2.69. The van der Waals surface area contributed by atoms with Crippen LogP contribution in [0.5, 0.6) is 5.75 Å². The van der Waals surface area contributed by atoms with Crippen LogP contribution in [0.2, 0.25) is 5.02 Å². The van der Waals surface area contributed by atoms with E-state index in [9.17, 15) is 14.4 Å². The summed E-state index contributed by atoms with van der Waals surface area (Å²) in [7, 11) is 1.52. The van der Waals surface area contributed by atoms with Crippen LogP contribution in [-0.2, 0) is 9.59 Å². The third kappa shape index (κ3) is 3.32.